The lowest BCUT2D eigenvalue weighted by atomic mass is 9.99. The molecule has 3 heterocycles. The number of anilines is 2. The average molecular weight is 491 g/mol. The van der Waals surface area contributed by atoms with Crippen LogP contribution in [0.3, 0.4) is 0 Å². The monoisotopic (exact) mass is 490 g/mol. The number of methoxy groups -OCH3 is 1. The van der Waals surface area contributed by atoms with Crippen LogP contribution in [-0.2, 0) is 0 Å². The van der Waals surface area contributed by atoms with Crippen LogP contribution in [0.4, 0.5) is 17.5 Å². The van der Waals surface area contributed by atoms with E-state index in [1.54, 1.807) is 17.0 Å². The summed E-state index contributed by atoms with van der Waals surface area (Å²) < 4.78 is 6.74. The maximum Gasteiger partial charge on any atom is 0.316 e. The van der Waals surface area contributed by atoms with Gasteiger partial charge in [-0.2, -0.15) is 0 Å². The molecule has 0 aliphatic rings. The van der Waals surface area contributed by atoms with Crippen LogP contribution in [0.1, 0.15) is 18.7 Å². The second-order valence-corrected chi connectivity index (χ2v) is 8.21. The quantitative estimate of drug-likeness (QED) is 0.332. The Morgan fingerprint density at radius 1 is 1.05 bits per heavy atom. The van der Waals surface area contributed by atoms with E-state index < -0.39 is 6.04 Å². The highest BCUT2D eigenvalue weighted by atomic mass is 16.5. The first kappa shape index (κ1) is 23.4. The van der Waals surface area contributed by atoms with Gasteiger partial charge in [-0.15, -0.1) is 0 Å². The van der Waals surface area contributed by atoms with E-state index in [4.69, 9.17) is 17.0 Å². The van der Waals surface area contributed by atoms with E-state index in [0.29, 0.717) is 33.7 Å². The van der Waals surface area contributed by atoms with Crippen molar-refractivity contribution in [2.75, 3.05) is 18.2 Å². The number of nitrogens with zero attached hydrogens (tertiary/aromatic N) is 6. The second-order valence-electron chi connectivity index (χ2n) is 8.21. The summed E-state index contributed by atoms with van der Waals surface area (Å²) in [5, 5.41) is 4.52. The van der Waals surface area contributed by atoms with Crippen LogP contribution in [0.5, 0.6) is 6.01 Å². The molecule has 0 radical (unpaired) electrons. The third-order valence-corrected chi connectivity index (χ3v) is 5.92. The molecule has 1 atom stereocenters. The molecule has 0 fully saturated rings. The zero-order valence-electron chi connectivity index (χ0n) is 20.1. The first-order chi connectivity index (χ1) is 18.0. The van der Waals surface area contributed by atoms with Crippen molar-refractivity contribution >= 4 is 28.2 Å². The van der Waals surface area contributed by atoms with Crippen LogP contribution in [0.2, 0.25) is 0 Å². The maximum absolute atomic E-state index is 14.2. The zero-order chi connectivity index (χ0) is 25.9. The van der Waals surface area contributed by atoms with Crippen molar-refractivity contribution in [1.82, 2.24) is 24.5 Å². The van der Waals surface area contributed by atoms with Crippen LogP contribution in [0.15, 0.2) is 78.0 Å². The standard InChI is InChI=1S/C27H22N8O2/c1-16(33-24-21(29-2)15-30-26(28)34-24)22-12-17-8-7-11-20(18-13-31-27(37-3)32-14-18)23(17)25(36)35(22)19-9-5-4-6-10-19/h4-16H,1,3H3,(H3,28,30,33,34)/t16-/m0/s1. The van der Waals surface area contributed by atoms with Crippen LogP contribution in [0, 0.1) is 6.57 Å². The predicted octanol–water partition coefficient (Wildman–Crippen LogP) is 4.55. The number of hydrogen-bond acceptors (Lipinski definition) is 8. The highest BCUT2D eigenvalue weighted by Gasteiger charge is 2.20. The van der Waals surface area contributed by atoms with Crippen molar-refractivity contribution < 1.29 is 4.74 Å². The number of rotatable bonds is 6. The predicted molar refractivity (Wildman–Crippen MR) is 142 cm³/mol. The molecular formula is C27H22N8O2. The Labute approximate surface area is 212 Å². The van der Waals surface area contributed by atoms with Gasteiger partial charge in [-0.25, -0.2) is 24.8 Å². The molecule has 5 rings (SSSR count). The molecule has 3 N–H and O–H groups in total. The van der Waals surface area contributed by atoms with Gasteiger partial charge in [0.1, 0.15) is 5.82 Å². The molecule has 5 aromatic rings. The lowest BCUT2D eigenvalue weighted by molar-refractivity contribution is 0.380. The van der Waals surface area contributed by atoms with Crippen molar-refractivity contribution in [3.8, 4) is 22.8 Å². The largest absolute Gasteiger partial charge is 0.467 e. The number of nitrogens with two attached hydrogens (primary N) is 1. The number of para-hydroxylation sites is 1. The number of benzene rings is 2. The Hall–Kier alpha value is -5.30. The van der Waals surface area contributed by atoms with Gasteiger partial charge in [-0.3, -0.25) is 9.36 Å². The minimum Gasteiger partial charge on any atom is -0.467 e. The van der Waals surface area contributed by atoms with Crippen molar-refractivity contribution in [2.24, 2.45) is 0 Å². The van der Waals surface area contributed by atoms with Crippen LogP contribution in [0.25, 0.3) is 32.4 Å². The molecule has 0 spiro atoms. The smallest absolute Gasteiger partial charge is 0.316 e. The van der Waals surface area contributed by atoms with Crippen molar-refractivity contribution in [3.63, 3.8) is 0 Å². The number of aromatic nitrogens is 5. The molecular weight excluding hydrogens is 468 g/mol. The number of nitrogen functional groups attached to an aromatic ring is 1. The molecule has 0 aliphatic carbocycles. The van der Waals surface area contributed by atoms with E-state index in [-0.39, 0.29) is 23.2 Å². The lowest BCUT2D eigenvalue weighted by Crippen LogP contribution is -2.26. The molecule has 0 unspecified atom stereocenters. The first-order valence-electron chi connectivity index (χ1n) is 11.4. The lowest BCUT2D eigenvalue weighted by Gasteiger charge is -2.22. The molecule has 10 heteroatoms. The van der Waals surface area contributed by atoms with Gasteiger partial charge in [0.05, 0.1) is 25.1 Å². The molecule has 0 saturated carbocycles. The Balaban J connectivity index is 1.73. The average Bonchev–Trinajstić information content (AvgIpc) is 2.93. The van der Waals surface area contributed by atoms with Gasteiger partial charge < -0.3 is 15.8 Å². The van der Waals surface area contributed by atoms with E-state index in [1.165, 1.54) is 13.3 Å². The Morgan fingerprint density at radius 3 is 2.51 bits per heavy atom. The van der Waals surface area contributed by atoms with Crippen molar-refractivity contribution in [2.45, 2.75) is 13.0 Å². The summed E-state index contributed by atoms with van der Waals surface area (Å²) in [7, 11) is 1.50. The normalized spacial score (nSPS) is 11.6. The molecule has 0 aliphatic heterocycles. The van der Waals surface area contributed by atoms with Gasteiger partial charge in [-0.1, -0.05) is 36.4 Å². The van der Waals surface area contributed by atoms with Gasteiger partial charge in [0.2, 0.25) is 11.6 Å². The summed E-state index contributed by atoms with van der Waals surface area (Å²) in [4.78, 5) is 34.2. The topological polar surface area (TPSA) is 125 Å². The third-order valence-electron chi connectivity index (χ3n) is 5.92. The summed E-state index contributed by atoms with van der Waals surface area (Å²) in [6.45, 7) is 9.34. The molecule has 0 amide bonds. The minimum atomic E-state index is -0.417. The van der Waals surface area contributed by atoms with E-state index in [2.05, 4.69) is 30.1 Å². The summed E-state index contributed by atoms with van der Waals surface area (Å²) in [5.41, 5.74) is 8.58. The van der Waals surface area contributed by atoms with Crippen molar-refractivity contribution in [1.29, 1.82) is 0 Å². The van der Waals surface area contributed by atoms with Gasteiger partial charge in [-0.05, 0) is 36.1 Å². The Bertz CT molecular complexity index is 1690. The SMILES string of the molecule is [C-]#[N+]c1cnc(N)nc1N[C@@H](C)c1cc2cccc(-c3cnc(OC)nc3)c2c(=O)n1-c1ccccc1. The van der Waals surface area contributed by atoms with E-state index in [1.807, 2.05) is 61.5 Å². The second kappa shape index (κ2) is 9.75. The maximum atomic E-state index is 14.2. The number of ether oxygens (including phenoxy) is 1. The molecule has 0 bridgehead atoms. The first-order valence-corrected chi connectivity index (χ1v) is 11.4. The van der Waals surface area contributed by atoms with Gasteiger partial charge in [0, 0.05) is 35.5 Å². The fourth-order valence-electron chi connectivity index (χ4n) is 4.20. The third kappa shape index (κ3) is 4.41. The Morgan fingerprint density at radius 2 is 1.81 bits per heavy atom. The minimum absolute atomic E-state index is 0.0485. The highest BCUT2D eigenvalue weighted by molar-refractivity contribution is 5.96. The summed E-state index contributed by atoms with van der Waals surface area (Å²) >= 11 is 0. The van der Waals surface area contributed by atoms with Crippen molar-refractivity contribution in [3.05, 3.63) is 101 Å². The van der Waals surface area contributed by atoms with Gasteiger partial charge in [0.25, 0.3) is 5.56 Å². The summed E-state index contributed by atoms with van der Waals surface area (Å²) in [6.07, 6.45) is 4.64. The number of pyridine rings is 1. The number of fused-ring (bicyclic) bond motifs is 1. The van der Waals surface area contributed by atoms with E-state index in [9.17, 15) is 4.79 Å². The molecule has 10 nitrogen and oxygen atoms in total. The van der Waals surface area contributed by atoms with Crippen LogP contribution < -0.4 is 21.3 Å². The highest BCUT2D eigenvalue weighted by Crippen LogP contribution is 2.31. The van der Waals surface area contributed by atoms with Gasteiger partial charge in [0.15, 0.2) is 0 Å². The van der Waals surface area contributed by atoms with Crippen LogP contribution >= 0.6 is 0 Å². The molecule has 3 aromatic heterocycles. The molecule has 182 valence electrons. The van der Waals surface area contributed by atoms with Gasteiger partial charge >= 0.3 is 6.01 Å². The molecule has 37 heavy (non-hydrogen) atoms. The number of hydrogen-bond donors (Lipinski definition) is 2. The fraction of sp³-hybridized carbons (Fsp3) is 0.111. The zero-order valence-corrected chi connectivity index (χ0v) is 20.1. The van der Waals surface area contributed by atoms with E-state index >= 15 is 0 Å². The van der Waals surface area contributed by atoms with E-state index in [0.717, 1.165) is 5.39 Å². The summed E-state index contributed by atoms with van der Waals surface area (Å²) in [5.74, 6) is 0.346. The summed E-state index contributed by atoms with van der Waals surface area (Å²) in [6, 6.07) is 16.8. The number of nitrogens with one attached hydrogen (secondary N) is 1. The molecule has 2 aromatic carbocycles. The van der Waals surface area contributed by atoms with Crippen LogP contribution in [-0.4, -0.2) is 31.6 Å². The Kier molecular flexibility index (Phi) is 6.18. The fourth-order valence-corrected chi connectivity index (χ4v) is 4.20. The molecule has 0 saturated heterocycles.